The summed E-state index contributed by atoms with van der Waals surface area (Å²) >= 11 is 0. The van der Waals surface area contributed by atoms with Gasteiger partial charge in [-0.05, 0) is 25.5 Å². The first-order chi connectivity index (χ1) is 8.94. The number of ether oxygens (including phenoxy) is 1. The Hall–Kier alpha value is -1.95. The number of pyridine rings is 1. The highest BCUT2D eigenvalue weighted by Gasteiger charge is 2.39. The van der Waals surface area contributed by atoms with Crippen LogP contribution in [0.5, 0.6) is 0 Å². The lowest BCUT2D eigenvalue weighted by Crippen LogP contribution is -2.58. The molecule has 0 spiro atoms. The van der Waals surface area contributed by atoms with Crippen LogP contribution in [-0.4, -0.2) is 47.0 Å². The summed E-state index contributed by atoms with van der Waals surface area (Å²) in [7, 11) is 0. The fourth-order valence-electron chi connectivity index (χ4n) is 2.05. The molecule has 19 heavy (non-hydrogen) atoms. The van der Waals surface area contributed by atoms with Gasteiger partial charge in [0.2, 0.25) is 0 Å². The molecule has 1 atom stereocenters. The lowest BCUT2D eigenvalue weighted by molar-refractivity contribution is -0.150. The average Bonchev–Trinajstić information content (AvgIpc) is 2.38. The Morgan fingerprint density at radius 2 is 2.26 bits per heavy atom. The van der Waals surface area contributed by atoms with Crippen molar-refractivity contribution in [2.24, 2.45) is 5.73 Å². The number of hydrogen-bond acceptors (Lipinski definition) is 4. The molecule has 0 unspecified atom stereocenters. The topological polar surface area (TPSA) is 85.5 Å². The Morgan fingerprint density at radius 3 is 2.89 bits per heavy atom. The van der Waals surface area contributed by atoms with E-state index in [0.29, 0.717) is 12.2 Å². The summed E-state index contributed by atoms with van der Waals surface area (Å²) in [6.07, 6.45) is 1.58. The maximum atomic E-state index is 12.4. The maximum Gasteiger partial charge on any atom is 0.272 e. The van der Waals surface area contributed by atoms with Crippen LogP contribution in [0.25, 0.3) is 0 Å². The maximum absolute atomic E-state index is 12.4. The van der Waals surface area contributed by atoms with Gasteiger partial charge in [0, 0.05) is 12.7 Å². The molecule has 6 nitrogen and oxygen atoms in total. The van der Waals surface area contributed by atoms with Crippen molar-refractivity contribution in [2.75, 3.05) is 19.7 Å². The Labute approximate surface area is 111 Å². The number of aryl methyl sites for hydroxylation is 1. The molecule has 1 fully saturated rings. The monoisotopic (exact) mass is 263 g/mol. The van der Waals surface area contributed by atoms with Crippen LogP contribution in [0.1, 0.15) is 23.0 Å². The Balaban J connectivity index is 2.21. The van der Waals surface area contributed by atoms with E-state index in [1.54, 1.807) is 24.1 Å². The summed E-state index contributed by atoms with van der Waals surface area (Å²) in [5.41, 5.74) is 5.39. The van der Waals surface area contributed by atoms with Crippen LogP contribution in [0.2, 0.25) is 0 Å². The number of nitrogens with two attached hydrogens (primary N) is 1. The van der Waals surface area contributed by atoms with E-state index in [1.165, 1.54) is 0 Å². The van der Waals surface area contributed by atoms with E-state index in [4.69, 9.17) is 10.5 Å². The minimum Gasteiger partial charge on any atom is -0.367 e. The third kappa shape index (κ3) is 2.58. The molecule has 0 bridgehead atoms. The van der Waals surface area contributed by atoms with Gasteiger partial charge in [-0.15, -0.1) is 0 Å². The molecule has 1 saturated heterocycles. The molecule has 1 aliphatic rings. The van der Waals surface area contributed by atoms with Crippen LogP contribution in [0.15, 0.2) is 18.3 Å². The Morgan fingerprint density at radius 1 is 1.53 bits per heavy atom. The normalized spacial score (nSPS) is 23.2. The smallest absolute Gasteiger partial charge is 0.272 e. The van der Waals surface area contributed by atoms with E-state index < -0.39 is 11.5 Å². The first-order valence-corrected chi connectivity index (χ1v) is 6.09. The third-order valence-corrected chi connectivity index (χ3v) is 3.29. The molecule has 2 heterocycles. The predicted octanol–water partition coefficient (Wildman–Crippen LogP) is 0.106. The second-order valence-electron chi connectivity index (χ2n) is 4.84. The number of carbonyl (C=O) groups excluding carboxylic acids is 2. The van der Waals surface area contributed by atoms with E-state index >= 15 is 0 Å². The van der Waals surface area contributed by atoms with E-state index in [1.807, 2.05) is 13.0 Å². The fourth-order valence-corrected chi connectivity index (χ4v) is 2.05. The van der Waals surface area contributed by atoms with Gasteiger partial charge in [-0.1, -0.05) is 6.07 Å². The van der Waals surface area contributed by atoms with Crippen molar-refractivity contribution in [1.82, 2.24) is 9.88 Å². The van der Waals surface area contributed by atoms with Crippen molar-refractivity contribution in [3.8, 4) is 0 Å². The number of carbonyl (C=O) groups is 2. The summed E-state index contributed by atoms with van der Waals surface area (Å²) in [6.45, 7) is 4.29. The van der Waals surface area contributed by atoms with Crippen molar-refractivity contribution in [2.45, 2.75) is 19.4 Å². The molecule has 2 amide bonds. The van der Waals surface area contributed by atoms with E-state index in [-0.39, 0.29) is 19.1 Å². The van der Waals surface area contributed by atoms with Gasteiger partial charge in [0.1, 0.15) is 5.69 Å². The zero-order chi connectivity index (χ0) is 14.0. The van der Waals surface area contributed by atoms with Gasteiger partial charge in [0.15, 0.2) is 5.60 Å². The number of morpholine rings is 1. The van der Waals surface area contributed by atoms with Crippen LogP contribution in [-0.2, 0) is 9.53 Å². The molecular formula is C13H17N3O3. The van der Waals surface area contributed by atoms with E-state index in [2.05, 4.69) is 4.98 Å². The number of hydrogen-bond donors (Lipinski definition) is 1. The van der Waals surface area contributed by atoms with Gasteiger partial charge >= 0.3 is 0 Å². The van der Waals surface area contributed by atoms with Gasteiger partial charge in [0.05, 0.1) is 13.2 Å². The summed E-state index contributed by atoms with van der Waals surface area (Å²) in [6, 6.07) is 3.60. The molecule has 0 saturated carbocycles. The quantitative estimate of drug-likeness (QED) is 0.820. The van der Waals surface area contributed by atoms with E-state index in [9.17, 15) is 9.59 Å². The number of amides is 2. The second-order valence-corrected chi connectivity index (χ2v) is 4.84. The summed E-state index contributed by atoms with van der Waals surface area (Å²) in [5.74, 6) is -0.767. The van der Waals surface area contributed by atoms with E-state index in [0.717, 1.165) is 5.56 Å². The average molecular weight is 263 g/mol. The van der Waals surface area contributed by atoms with Gasteiger partial charge in [0.25, 0.3) is 11.8 Å². The fraction of sp³-hybridized carbons (Fsp3) is 0.462. The van der Waals surface area contributed by atoms with Crippen LogP contribution in [0, 0.1) is 6.92 Å². The summed E-state index contributed by atoms with van der Waals surface area (Å²) < 4.78 is 5.38. The second kappa shape index (κ2) is 4.97. The van der Waals surface area contributed by atoms with Crippen LogP contribution in [0.3, 0.4) is 0 Å². The lowest BCUT2D eigenvalue weighted by atomic mass is 10.0. The highest BCUT2D eigenvalue weighted by atomic mass is 16.5. The molecule has 1 aromatic rings. The minimum absolute atomic E-state index is 0.150. The molecule has 2 N–H and O–H groups in total. The van der Waals surface area contributed by atoms with Crippen LogP contribution >= 0.6 is 0 Å². The zero-order valence-electron chi connectivity index (χ0n) is 11.0. The van der Waals surface area contributed by atoms with Crippen molar-refractivity contribution < 1.29 is 14.3 Å². The number of nitrogens with zero attached hydrogens (tertiary/aromatic N) is 2. The zero-order valence-corrected chi connectivity index (χ0v) is 11.0. The molecule has 1 aliphatic heterocycles. The molecule has 2 rings (SSSR count). The van der Waals surface area contributed by atoms with Crippen molar-refractivity contribution >= 4 is 11.8 Å². The van der Waals surface area contributed by atoms with Crippen LogP contribution in [0.4, 0.5) is 0 Å². The van der Waals surface area contributed by atoms with Gasteiger partial charge < -0.3 is 15.4 Å². The minimum atomic E-state index is -1.13. The number of primary amides is 1. The van der Waals surface area contributed by atoms with Crippen molar-refractivity contribution in [3.05, 3.63) is 29.6 Å². The predicted molar refractivity (Wildman–Crippen MR) is 68.4 cm³/mol. The summed E-state index contributed by atoms with van der Waals surface area (Å²) in [5, 5.41) is 0. The molecular weight excluding hydrogens is 246 g/mol. The van der Waals surface area contributed by atoms with Crippen molar-refractivity contribution in [1.29, 1.82) is 0 Å². The summed E-state index contributed by atoms with van der Waals surface area (Å²) in [4.78, 5) is 29.4. The first-order valence-electron chi connectivity index (χ1n) is 6.09. The Kier molecular flexibility index (Phi) is 3.53. The third-order valence-electron chi connectivity index (χ3n) is 3.29. The highest BCUT2D eigenvalue weighted by molar-refractivity contribution is 5.94. The molecule has 1 aromatic heterocycles. The number of aromatic nitrogens is 1. The molecule has 0 aromatic carbocycles. The van der Waals surface area contributed by atoms with Crippen LogP contribution < -0.4 is 5.73 Å². The molecule has 0 radical (unpaired) electrons. The standard InChI is InChI=1S/C13H17N3O3/c1-9-4-3-5-15-10(9)11(17)16-6-7-19-13(2,8-16)12(14)18/h3-5H,6-8H2,1-2H3,(H2,14,18)/t13-/m1/s1. The lowest BCUT2D eigenvalue weighted by Gasteiger charge is -2.38. The molecule has 102 valence electrons. The Bertz CT molecular complexity index is 518. The van der Waals surface area contributed by atoms with Gasteiger partial charge in [-0.3, -0.25) is 14.6 Å². The SMILES string of the molecule is Cc1cccnc1C(=O)N1CCO[C@@](C)(C(N)=O)C1. The van der Waals surface area contributed by atoms with Crippen molar-refractivity contribution in [3.63, 3.8) is 0 Å². The first kappa shape index (κ1) is 13.5. The molecule has 0 aliphatic carbocycles. The van der Waals surface area contributed by atoms with Gasteiger partial charge in [-0.2, -0.15) is 0 Å². The van der Waals surface area contributed by atoms with Gasteiger partial charge in [-0.25, -0.2) is 0 Å². The molecule has 6 heteroatoms. The highest BCUT2D eigenvalue weighted by Crippen LogP contribution is 2.19. The largest absolute Gasteiger partial charge is 0.367 e. The number of rotatable bonds is 2.